The van der Waals surface area contributed by atoms with Gasteiger partial charge in [0.25, 0.3) is 0 Å². The molecule has 1 aromatic heterocycles. The number of ether oxygens (including phenoxy) is 4. The molecule has 3 rings (SSSR count). The van der Waals surface area contributed by atoms with Gasteiger partial charge in [0.1, 0.15) is 0 Å². The van der Waals surface area contributed by atoms with Crippen LogP contribution in [0.5, 0.6) is 5.75 Å². The number of carbonyl (C=O) groups is 3. The fourth-order valence-corrected chi connectivity index (χ4v) is 4.27. The summed E-state index contributed by atoms with van der Waals surface area (Å²) < 4.78 is 27.7. The number of para-hydroxylation sites is 1. The van der Waals surface area contributed by atoms with Crippen molar-refractivity contribution in [2.75, 3.05) is 5.75 Å². The van der Waals surface area contributed by atoms with Crippen molar-refractivity contribution in [2.45, 2.75) is 51.4 Å². The molecule has 1 aromatic carbocycles. The third kappa shape index (κ3) is 5.00. The van der Waals surface area contributed by atoms with Crippen LogP contribution in [0.1, 0.15) is 26.7 Å². The zero-order valence-electron chi connectivity index (χ0n) is 16.4. The third-order valence-corrected chi connectivity index (χ3v) is 5.25. The fraction of sp³-hybridized carbons (Fsp3) is 0.474. The number of fused-ring (bicyclic) bond motifs is 1. The normalized spacial score (nSPS) is 24.0. The van der Waals surface area contributed by atoms with Gasteiger partial charge in [-0.15, -0.1) is 11.8 Å². The smallest absolute Gasteiger partial charge is 0.303 e. The molecule has 1 aliphatic heterocycles. The first kappa shape index (κ1) is 21.0. The molecule has 0 aliphatic carbocycles. The highest BCUT2D eigenvalue weighted by Crippen LogP contribution is 2.36. The number of benzene rings is 1. The SMILES string of the molecule is CC(=O)O[C@@H]1[C@@H](OC(C)=O)[C@@H](Oc2cccc3oc(C)nc23)SC[C@H]1OC(C)=O. The molecular weight excluding hydrogens is 402 g/mol. The fourth-order valence-electron chi connectivity index (χ4n) is 3.06. The van der Waals surface area contributed by atoms with Crippen LogP contribution in [0.3, 0.4) is 0 Å². The minimum atomic E-state index is -1.01. The van der Waals surface area contributed by atoms with Gasteiger partial charge in [0.15, 0.2) is 46.5 Å². The molecule has 9 nitrogen and oxygen atoms in total. The van der Waals surface area contributed by atoms with E-state index in [1.165, 1.54) is 32.5 Å². The molecule has 0 saturated carbocycles. The summed E-state index contributed by atoms with van der Waals surface area (Å²) in [4.78, 5) is 39.2. The highest BCUT2D eigenvalue weighted by molar-refractivity contribution is 7.99. The summed E-state index contributed by atoms with van der Waals surface area (Å²) >= 11 is 1.28. The maximum absolute atomic E-state index is 11.7. The van der Waals surface area contributed by atoms with Crippen molar-refractivity contribution in [1.29, 1.82) is 0 Å². The second-order valence-corrected chi connectivity index (χ2v) is 7.58. The predicted octanol–water partition coefficient (Wildman–Crippen LogP) is 2.38. The van der Waals surface area contributed by atoms with Crippen molar-refractivity contribution in [3.8, 4) is 5.75 Å². The molecule has 2 aromatic rings. The first-order valence-corrected chi connectivity index (χ1v) is 9.95. The van der Waals surface area contributed by atoms with Crippen LogP contribution in [0.2, 0.25) is 0 Å². The van der Waals surface area contributed by atoms with Crippen LogP contribution < -0.4 is 4.74 Å². The van der Waals surface area contributed by atoms with Gasteiger partial charge in [0.2, 0.25) is 0 Å². The zero-order chi connectivity index (χ0) is 21.1. The van der Waals surface area contributed by atoms with Gasteiger partial charge in [-0.3, -0.25) is 14.4 Å². The van der Waals surface area contributed by atoms with Crippen LogP contribution in [0.25, 0.3) is 11.1 Å². The van der Waals surface area contributed by atoms with E-state index in [1.807, 2.05) is 0 Å². The van der Waals surface area contributed by atoms with Crippen LogP contribution in [-0.2, 0) is 28.6 Å². The summed E-state index contributed by atoms with van der Waals surface area (Å²) in [6, 6.07) is 5.23. The van der Waals surface area contributed by atoms with Crippen LogP contribution in [0.15, 0.2) is 22.6 Å². The Labute approximate surface area is 171 Å². The number of thioether (sulfide) groups is 1. The van der Waals surface area contributed by atoms with E-state index in [4.69, 9.17) is 23.4 Å². The first-order chi connectivity index (χ1) is 13.7. The monoisotopic (exact) mass is 423 g/mol. The van der Waals surface area contributed by atoms with Gasteiger partial charge in [0, 0.05) is 33.4 Å². The largest absolute Gasteiger partial charge is 0.473 e. The maximum Gasteiger partial charge on any atom is 0.303 e. The van der Waals surface area contributed by atoms with E-state index in [0.717, 1.165) is 0 Å². The minimum Gasteiger partial charge on any atom is -0.473 e. The summed E-state index contributed by atoms with van der Waals surface area (Å²) in [6.45, 7) is 5.45. The molecule has 0 spiro atoms. The summed E-state index contributed by atoms with van der Waals surface area (Å²) in [5.41, 5.74) is 0.357. The number of oxazole rings is 1. The molecule has 10 heteroatoms. The highest BCUT2D eigenvalue weighted by atomic mass is 32.2. The molecule has 4 atom stereocenters. The number of hydrogen-bond donors (Lipinski definition) is 0. The van der Waals surface area contributed by atoms with Crippen molar-refractivity contribution in [3.63, 3.8) is 0 Å². The van der Waals surface area contributed by atoms with Crippen LogP contribution in [-0.4, -0.2) is 52.4 Å². The van der Waals surface area contributed by atoms with E-state index in [2.05, 4.69) is 4.98 Å². The van der Waals surface area contributed by atoms with Crippen molar-refractivity contribution in [2.24, 2.45) is 0 Å². The Morgan fingerprint density at radius 1 is 1.03 bits per heavy atom. The van der Waals surface area contributed by atoms with E-state index in [9.17, 15) is 14.4 Å². The summed E-state index contributed by atoms with van der Waals surface area (Å²) in [6.07, 6.45) is -2.79. The van der Waals surface area contributed by atoms with Gasteiger partial charge < -0.3 is 23.4 Å². The molecule has 156 valence electrons. The van der Waals surface area contributed by atoms with E-state index in [1.54, 1.807) is 25.1 Å². The average Bonchev–Trinajstić information content (AvgIpc) is 3.00. The van der Waals surface area contributed by atoms with E-state index >= 15 is 0 Å². The number of nitrogens with zero attached hydrogens (tertiary/aromatic N) is 1. The molecule has 1 fully saturated rings. The molecule has 0 amide bonds. The Balaban J connectivity index is 1.92. The van der Waals surface area contributed by atoms with Crippen LogP contribution in [0, 0.1) is 6.92 Å². The van der Waals surface area contributed by atoms with Gasteiger partial charge >= 0.3 is 17.9 Å². The second kappa shape index (κ2) is 8.73. The van der Waals surface area contributed by atoms with Crippen LogP contribution >= 0.6 is 11.8 Å². The first-order valence-electron chi connectivity index (χ1n) is 8.90. The molecule has 29 heavy (non-hydrogen) atoms. The number of carbonyl (C=O) groups excluding carboxylic acids is 3. The van der Waals surface area contributed by atoms with E-state index < -0.39 is 41.7 Å². The number of aromatic nitrogens is 1. The summed E-state index contributed by atoms with van der Waals surface area (Å²) in [5.74, 6) is -0.507. The predicted molar refractivity (Wildman–Crippen MR) is 102 cm³/mol. The Morgan fingerprint density at radius 2 is 1.69 bits per heavy atom. The Kier molecular flexibility index (Phi) is 6.31. The molecule has 0 bridgehead atoms. The number of hydrogen-bond acceptors (Lipinski definition) is 10. The van der Waals surface area contributed by atoms with Crippen molar-refractivity contribution in [1.82, 2.24) is 4.98 Å². The standard InChI is InChI=1S/C19H21NO8S/c1-9-20-16-13(24-9)6-5-7-14(16)28-19-18(27-12(4)23)17(26-11(3)22)15(8-29-19)25-10(2)21/h5-7,15,17-19H,8H2,1-4H3/t15-,17+,18-,19+/m1/s1. The van der Waals surface area contributed by atoms with Gasteiger partial charge in [0.05, 0.1) is 0 Å². The number of rotatable bonds is 5. The second-order valence-electron chi connectivity index (χ2n) is 6.45. The van der Waals surface area contributed by atoms with Crippen molar-refractivity contribution < 1.29 is 37.7 Å². The number of esters is 3. The molecular formula is C19H21NO8S. The van der Waals surface area contributed by atoms with Gasteiger partial charge in [-0.1, -0.05) is 6.07 Å². The molecule has 0 unspecified atom stereocenters. The number of aryl methyl sites for hydroxylation is 1. The molecule has 1 aliphatic rings. The van der Waals surface area contributed by atoms with E-state index in [0.29, 0.717) is 22.7 Å². The lowest BCUT2D eigenvalue weighted by atomic mass is 10.1. The van der Waals surface area contributed by atoms with Gasteiger partial charge in [-0.25, -0.2) is 4.98 Å². The van der Waals surface area contributed by atoms with Gasteiger partial charge in [-0.2, -0.15) is 0 Å². The van der Waals surface area contributed by atoms with Crippen LogP contribution in [0.4, 0.5) is 0 Å². The molecule has 2 heterocycles. The lowest BCUT2D eigenvalue weighted by Gasteiger charge is -2.39. The lowest BCUT2D eigenvalue weighted by molar-refractivity contribution is -0.186. The molecule has 1 saturated heterocycles. The minimum absolute atomic E-state index is 0.285. The van der Waals surface area contributed by atoms with E-state index in [-0.39, 0.29) is 5.75 Å². The Morgan fingerprint density at radius 3 is 2.34 bits per heavy atom. The summed E-state index contributed by atoms with van der Waals surface area (Å²) in [7, 11) is 0. The lowest BCUT2D eigenvalue weighted by Crippen LogP contribution is -2.55. The van der Waals surface area contributed by atoms with Crippen molar-refractivity contribution in [3.05, 3.63) is 24.1 Å². The quantitative estimate of drug-likeness (QED) is 0.524. The topological polar surface area (TPSA) is 114 Å². The maximum atomic E-state index is 11.7. The third-order valence-electron chi connectivity index (χ3n) is 4.04. The average molecular weight is 423 g/mol. The van der Waals surface area contributed by atoms with Gasteiger partial charge in [-0.05, 0) is 12.1 Å². The Hall–Kier alpha value is -2.75. The Bertz CT molecular complexity index is 926. The molecule has 0 N–H and O–H groups in total. The summed E-state index contributed by atoms with van der Waals surface area (Å²) in [5, 5.41) is 0. The van der Waals surface area contributed by atoms with Crippen molar-refractivity contribution >= 4 is 40.8 Å². The molecule has 0 radical (unpaired) electrons. The highest BCUT2D eigenvalue weighted by Gasteiger charge is 2.47. The zero-order valence-corrected chi connectivity index (χ0v) is 17.2.